The van der Waals surface area contributed by atoms with Crippen LogP contribution >= 0.6 is 11.6 Å². The minimum atomic E-state index is -0.948. The molecule has 10 nitrogen and oxygen atoms in total. The molecule has 1 amide bonds. The molecule has 3 aromatic rings. The number of rotatable bonds is 6. The molecule has 224 valence electrons. The van der Waals surface area contributed by atoms with Crippen LogP contribution in [-0.2, 0) is 13.0 Å². The van der Waals surface area contributed by atoms with Gasteiger partial charge in [0.25, 0.3) is 0 Å². The summed E-state index contributed by atoms with van der Waals surface area (Å²) in [6.07, 6.45) is 3.59. The first-order valence-electron chi connectivity index (χ1n) is 15.2. The SMILES string of the molecule is CN1CCCC1COc1nc2c(c(N3C[C@H]4CC[C@@](CC#N)(C3)N4C(=O)O)n1)CCN(c1cccc3cccc(Cl)c13)C2. The van der Waals surface area contributed by atoms with E-state index < -0.39 is 11.6 Å². The molecule has 43 heavy (non-hydrogen) atoms. The van der Waals surface area contributed by atoms with Crippen LogP contribution in [0.4, 0.5) is 16.3 Å². The summed E-state index contributed by atoms with van der Waals surface area (Å²) < 4.78 is 6.30. The number of nitrogens with zero attached hydrogens (tertiary/aromatic N) is 7. The highest BCUT2D eigenvalue weighted by atomic mass is 35.5. The van der Waals surface area contributed by atoms with Crippen LogP contribution in [0, 0.1) is 11.3 Å². The van der Waals surface area contributed by atoms with Gasteiger partial charge in [0.15, 0.2) is 0 Å². The highest BCUT2D eigenvalue weighted by molar-refractivity contribution is 6.36. The van der Waals surface area contributed by atoms with E-state index in [9.17, 15) is 15.2 Å². The van der Waals surface area contributed by atoms with Gasteiger partial charge in [0.05, 0.1) is 41.3 Å². The number of ether oxygens (including phenoxy) is 1. The Morgan fingerprint density at radius 3 is 2.79 bits per heavy atom. The lowest BCUT2D eigenvalue weighted by molar-refractivity contribution is 0.0717. The van der Waals surface area contributed by atoms with Crippen LogP contribution in [-0.4, -0.2) is 88.4 Å². The van der Waals surface area contributed by atoms with Gasteiger partial charge in [-0.25, -0.2) is 4.79 Å². The maximum absolute atomic E-state index is 12.3. The molecule has 3 saturated heterocycles. The van der Waals surface area contributed by atoms with Crippen molar-refractivity contribution < 1.29 is 14.6 Å². The number of likely N-dealkylation sites (N-methyl/N-ethyl adjacent to an activating group) is 1. The summed E-state index contributed by atoms with van der Waals surface area (Å²) in [5.41, 5.74) is 2.32. The number of anilines is 2. The molecule has 2 aromatic carbocycles. The molecular formula is C32H36ClN7O3. The molecule has 3 atom stereocenters. The third-order valence-corrected chi connectivity index (χ3v) is 10.2. The topological polar surface area (TPSA) is 109 Å². The number of carboxylic acid groups (broad SMARTS) is 1. The molecule has 0 radical (unpaired) electrons. The second-order valence-corrected chi connectivity index (χ2v) is 12.8. The molecule has 5 heterocycles. The molecule has 0 aliphatic carbocycles. The number of carbonyl (C=O) groups is 1. The molecule has 11 heteroatoms. The van der Waals surface area contributed by atoms with Gasteiger partial charge in [-0.3, -0.25) is 4.90 Å². The highest BCUT2D eigenvalue weighted by Gasteiger charge is 2.54. The Balaban J connectivity index is 1.26. The van der Waals surface area contributed by atoms with Gasteiger partial charge < -0.3 is 24.5 Å². The number of fused-ring (bicyclic) bond motifs is 4. The van der Waals surface area contributed by atoms with E-state index >= 15 is 0 Å². The van der Waals surface area contributed by atoms with Crippen molar-refractivity contribution in [3.05, 3.63) is 52.7 Å². The van der Waals surface area contributed by atoms with Crippen molar-refractivity contribution in [2.24, 2.45) is 0 Å². The maximum Gasteiger partial charge on any atom is 0.408 e. The fourth-order valence-corrected chi connectivity index (χ4v) is 8.07. The smallest absolute Gasteiger partial charge is 0.408 e. The number of likely N-dealkylation sites (tertiary alicyclic amines) is 1. The number of halogens is 1. The van der Waals surface area contributed by atoms with Crippen molar-refractivity contribution in [1.29, 1.82) is 5.26 Å². The van der Waals surface area contributed by atoms with Gasteiger partial charge in [0, 0.05) is 42.3 Å². The number of aromatic nitrogens is 2. The molecular weight excluding hydrogens is 566 g/mol. The van der Waals surface area contributed by atoms with Crippen molar-refractivity contribution in [2.45, 2.75) is 62.7 Å². The average molecular weight is 602 g/mol. The van der Waals surface area contributed by atoms with Crippen LogP contribution in [0.3, 0.4) is 0 Å². The van der Waals surface area contributed by atoms with E-state index in [1.807, 2.05) is 12.1 Å². The van der Waals surface area contributed by atoms with E-state index in [1.165, 1.54) is 0 Å². The summed E-state index contributed by atoms with van der Waals surface area (Å²) in [4.78, 5) is 30.6. The predicted octanol–water partition coefficient (Wildman–Crippen LogP) is 4.93. The highest BCUT2D eigenvalue weighted by Crippen LogP contribution is 2.44. The number of hydrogen-bond acceptors (Lipinski definition) is 8. The molecule has 3 fully saturated rings. The van der Waals surface area contributed by atoms with Gasteiger partial charge in [-0.2, -0.15) is 15.2 Å². The fraction of sp³-hybridized carbons (Fsp3) is 0.500. The van der Waals surface area contributed by atoms with Crippen LogP contribution in [0.2, 0.25) is 5.02 Å². The Labute approximate surface area is 256 Å². The first-order valence-corrected chi connectivity index (χ1v) is 15.5. The Hall–Kier alpha value is -3.81. The molecule has 0 saturated carbocycles. The van der Waals surface area contributed by atoms with Crippen LogP contribution in [0.5, 0.6) is 6.01 Å². The molecule has 2 bridgehead atoms. The molecule has 1 unspecified atom stereocenters. The summed E-state index contributed by atoms with van der Waals surface area (Å²) in [7, 11) is 2.12. The van der Waals surface area contributed by atoms with Crippen molar-refractivity contribution in [3.8, 4) is 12.1 Å². The number of hydrogen-bond donors (Lipinski definition) is 1. The van der Waals surface area contributed by atoms with Crippen LogP contribution < -0.4 is 14.5 Å². The van der Waals surface area contributed by atoms with E-state index in [0.717, 1.165) is 77.3 Å². The molecule has 1 N–H and O–H groups in total. The van der Waals surface area contributed by atoms with Gasteiger partial charge in [-0.1, -0.05) is 35.9 Å². The molecule has 4 aliphatic heterocycles. The summed E-state index contributed by atoms with van der Waals surface area (Å²) in [6, 6.07) is 15.0. The monoisotopic (exact) mass is 601 g/mol. The minimum absolute atomic E-state index is 0.159. The number of benzene rings is 2. The predicted molar refractivity (Wildman–Crippen MR) is 165 cm³/mol. The van der Waals surface area contributed by atoms with Gasteiger partial charge in [-0.05, 0) is 63.2 Å². The summed E-state index contributed by atoms with van der Waals surface area (Å²) >= 11 is 6.70. The van der Waals surface area contributed by atoms with E-state index in [-0.39, 0.29) is 12.5 Å². The third-order valence-electron chi connectivity index (χ3n) is 9.92. The Bertz CT molecular complexity index is 1610. The van der Waals surface area contributed by atoms with E-state index in [4.69, 9.17) is 26.3 Å². The zero-order chi connectivity index (χ0) is 29.7. The lowest BCUT2D eigenvalue weighted by atomic mass is 9.91. The number of nitriles is 1. The first kappa shape index (κ1) is 28.0. The number of amides is 1. The van der Waals surface area contributed by atoms with Gasteiger partial charge in [0.1, 0.15) is 12.4 Å². The molecule has 0 spiro atoms. The fourth-order valence-electron chi connectivity index (χ4n) is 7.79. The lowest BCUT2D eigenvalue weighted by Gasteiger charge is -2.47. The average Bonchev–Trinajstić information content (AvgIpc) is 3.52. The lowest BCUT2D eigenvalue weighted by Crippen LogP contribution is -2.63. The normalized spacial score (nSPS) is 25.2. The van der Waals surface area contributed by atoms with Gasteiger partial charge >= 0.3 is 12.1 Å². The Kier molecular flexibility index (Phi) is 7.18. The number of piperazine rings is 1. The molecule has 1 aromatic heterocycles. The third kappa shape index (κ3) is 4.88. The molecule has 4 aliphatic rings. The van der Waals surface area contributed by atoms with Crippen LogP contribution in [0.15, 0.2) is 36.4 Å². The van der Waals surface area contributed by atoms with E-state index in [0.29, 0.717) is 44.7 Å². The zero-order valence-corrected chi connectivity index (χ0v) is 25.1. The standard InChI is InChI=1S/C32H36ClN7O3/c1-37-15-4-7-23(37)19-43-30-35-26-18-38(27-9-3-6-21-5-2-8-25(33)28(21)27)16-11-24(26)29(36-30)39-17-22-10-12-32(20-39,13-14-34)40(22)31(41)42/h2-3,5-6,8-9,22-23H,4,7,10-13,15-20H2,1H3,(H,41,42)/t22-,23?,32-/m1/s1. The minimum Gasteiger partial charge on any atom is -0.465 e. The van der Waals surface area contributed by atoms with E-state index in [1.54, 1.807) is 4.90 Å². The van der Waals surface area contributed by atoms with E-state index in [2.05, 4.69) is 52.1 Å². The summed E-state index contributed by atoms with van der Waals surface area (Å²) in [6.45, 7) is 3.89. The second-order valence-electron chi connectivity index (χ2n) is 12.4. The first-order chi connectivity index (χ1) is 20.9. The second kappa shape index (κ2) is 11.0. The van der Waals surface area contributed by atoms with Gasteiger partial charge in [-0.15, -0.1) is 0 Å². The van der Waals surface area contributed by atoms with Crippen molar-refractivity contribution in [1.82, 2.24) is 19.8 Å². The summed E-state index contributed by atoms with van der Waals surface area (Å²) in [5, 5.41) is 22.6. The van der Waals surface area contributed by atoms with Crippen LogP contribution in [0.25, 0.3) is 10.8 Å². The Morgan fingerprint density at radius 2 is 2.02 bits per heavy atom. The Morgan fingerprint density at radius 1 is 1.19 bits per heavy atom. The summed E-state index contributed by atoms with van der Waals surface area (Å²) in [5.74, 6) is 0.814. The van der Waals surface area contributed by atoms with Crippen LogP contribution in [0.1, 0.15) is 43.4 Å². The maximum atomic E-state index is 12.3. The van der Waals surface area contributed by atoms with Crippen molar-refractivity contribution in [2.75, 3.05) is 49.6 Å². The van der Waals surface area contributed by atoms with Gasteiger partial charge in [0.2, 0.25) is 0 Å². The largest absolute Gasteiger partial charge is 0.465 e. The quantitative estimate of drug-likeness (QED) is 0.420. The van der Waals surface area contributed by atoms with Crippen molar-refractivity contribution >= 4 is 40.0 Å². The zero-order valence-electron chi connectivity index (χ0n) is 24.4. The van der Waals surface area contributed by atoms with Crippen molar-refractivity contribution in [3.63, 3.8) is 0 Å². The molecule has 7 rings (SSSR count).